The van der Waals surface area contributed by atoms with E-state index in [1.807, 2.05) is 76.2 Å². The monoisotopic (exact) mass is 366 g/mol. The summed E-state index contributed by atoms with van der Waals surface area (Å²) < 4.78 is 0. The average molecular weight is 367 g/mol. The van der Waals surface area contributed by atoms with E-state index in [2.05, 4.69) is 5.32 Å². The summed E-state index contributed by atoms with van der Waals surface area (Å²) in [6.45, 7) is 8.89. The van der Waals surface area contributed by atoms with Gasteiger partial charge in [0.05, 0.1) is 6.42 Å². The fraction of sp³-hybridized carbons (Fsp3) is 0.391. The maximum Gasteiger partial charge on any atom is 0.242 e. The minimum atomic E-state index is -0.470. The van der Waals surface area contributed by atoms with E-state index in [0.29, 0.717) is 25.9 Å². The summed E-state index contributed by atoms with van der Waals surface area (Å²) in [5, 5.41) is 2.87. The van der Waals surface area contributed by atoms with Crippen molar-refractivity contribution in [2.75, 3.05) is 6.54 Å². The SMILES string of the molecule is CCNC(=O)[C@H](CC)N(Cc1ccccc1C)C(=O)Cc1ccc(C)cc1. The van der Waals surface area contributed by atoms with Crippen molar-refractivity contribution in [3.63, 3.8) is 0 Å². The molecule has 4 heteroatoms. The lowest BCUT2D eigenvalue weighted by Crippen LogP contribution is -2.49. The molecule has 0 aliphatic heterocycles. The Morgan fingerprint density at radius 1 is 1.00 bits per heavy atom. The highest BCUT2D eigenvalue weighted by Gasteiger charge is 2.28. The number of nitrogens with zero attached hydrogens (tertiary/aromatic N) is 1. The molecule has 0 spiro atoms. The first-order valence-corrected chi connectivity index (χ1v) is 9.63. The Balaban J connectivity index is 2.29. The summed E-state index contributed by atoms with van der Waals surface area (Å²) >= 11 is 0. The van der Waals surface area contributed by atoms with Gasteiger partial charge in [0.25, 0.3) is 0 Å². The van der Waals surface area contributed by atoms with Crippen LogP contribution in [0.15, 0.2) is 48.5 Å². The van der Waals surface area contributed by atoms with Crippen molar-refractivity contribution in [3.8, 4) is 0 Å². The largest absolute Gasteiger partial charge is 0.355 e. The Hall–Kier alpha value is -2.62. The lowest BCUT2D eigenvalue weighted by atomic mass is 10.0. The number of carbonyl (C=O) groups is 2. The Kier molecular flexibility index (Phi) is 7.59. The molecule has 0 heterocycles. The van der Waals surface area contributed by atoms with Crippen LogP contribution in [0.3, 0.4) is 0 Å². The summed E-state index contributed by atoms with van der Waals surface area (Å²) in [4.78, 5) is 27.5. The Morgan fingerprint density at radius 3 is 2.26 bits per heavy atom. The van der Waals surface area contributed by atoms with Gasteiger partial charge >= 0.3 is 0 Å². The fourth-order valence-corrected chi connectivity index (χ4v) is 3.16. The minimum absolute atomic E-state index is 0.0276. The lowest BCUT2D eigenvalue weighted by molar-refractivity contribution is -0.140. The summed E-state index contributed by atoms with van der Waals surface area (Å²) in [5.74, 6) is -0.119. The molecular weight excluding hydrogens is 336 g/mol. The normalized spacial score (nSPS) is 11.7. The van der Waals surface area contributed by atoms with E-state index >= 15 is 0 Å². The zero-order chi connectivity index (χ0) is 19.8. The first-order chi connectivity index (χ1) is 13.0. The van der Waals surface area contributed by atoms with Crippen molar-refractivity contribution in [2.24, 2.45) is 0 Å². The quantitative estimate of drug-likeness (QED) is 0.773. The summed E-state index contributed by atoms with van der Waals surface area (Å²) in [6.07, 6.45) is 0.874. The van der Waals surface area contributed by atoms with Gasteiger partial charge < -0.3 is 10.2 Å². The number of nitrogens with one attached hydrogen (secondary N) is 1. The number of amides is 2. The molecule has 0 saturated carbocycles. The van der Waals surface area contributed by atoms with E-state index < -0.39 is 6.04 Å². The molecule has 4 nitrogen and oxygen atoms in total. The number of likely N-dealkylation sites (N-methyl/N-ethyl adjacent to an activating group) is 1. The van der Waals surface area contributed by atoms with E-state index in [-0.39, 0.29) is 11.8 Å². The van der Waals surface area contributed by atoms with E-state index in [0.717, 1.165) is 22.3 Å². The van der Waals surface area contributed by atoms with Gasteiger partial charge in [-0.05, 0) is 43.9 Å². The molecule has 0 aliphatic carbocycles. The highest BCUT2D eigenvalue weighted by Crippen LogP contribution is 2.17. The van der Waals surface area contributed by atoms with Crippen LogP contribution in [-0.4, -0.2) is 29.3 Å². The molecule has 0 bridgehead atoms. The highest BCUT2D eigenvalue weighted by atomic mass is 16.2. The average Bonchev–Trinajstić information content (AvgIpc) is 2.65. The van der Waals surface area contributed by atoms with Gasteiger partial charge in [-0.1, -0.05) is 61.0 Å². The molecule has 0 radical (unpaired) electrons. The molecule has 0 fully saturated rings. The van der Waals surface area contributed by atoms with Crippen LogP contribution in [-0.2, 0) is 22.6 Å². The third-order valence-corrected chi connectivity index (χ3v) is 4.81. The van der Waals surface area contributed by atoms with E-state index in [1.54, 1.807) is 4.90 Å². The second kappa shape index (κ2) is 9.91. The van der Waals surface area contributed by atoms with Crippen LogP contribution >= 0.6 is 0 Å². The molecule has 27 heavy (non-hydrogen) atoms. The van der Waals surface area contributed by atoms with E-state index in [9.17, 15) is 9.59 Å². The second-order valence-electron chi connectivity index (χ2n) is 6.93. The summed E-state index contributed by atoms with van der Waals surface area (Å²) in [5.41, 5.74) is 4.32. The van der Waals surface area contributed by atoms with Crippen LogP contribution in [0.2, 0.25) is 0 Å². The predicted octanol–water partition coefficient (Wildman–Crippen LogP) is 3.79. The van der Waals surface area contributed by atoms with Crippen molar-refractivity contribution in [1.29, 1.82) is 0 Å². The molecule has 2 rings (SSSR count). The van der Waals surface area contributed by atoms with Gasteiger partial charge in [0.2, 0.25) is 11.8 Å². The van der Waals surface area contributed by atoms with Gasteiger partial charge in [-0.25, -0.2) is 0 Å². The van der Waals surface area contributed by atoms with Crippen molar-refractivity contribution < 1.29 is 9.59 Å². The molecule has 0 unspecified atom stereocenters. The van der Waals surface area contributed by atoms with Gasteiger partial charge in [-0.3, -0.25) is 9.59 Å². The minimum Gasteiger partial charge on any atom is -0.355 e. The maximum absolute atomic E-state index is 13.2. The van der Waals surface area contributed by atoms with Crippen LogP contribution in [0, 0.1) is 13.8 Å². The molecule has 2 aromatic rings. The van der Waals surface area contributed by atoms with Crippen molar-refractivity contribution in [1.82, 2.24) is 10.2 Å². The van der Waals surface area contributed by atoms with Crippen LogP contribution in [0.1, 0.15) is 42.5 Å². The van der Waals surface area contributed by atoms with Gasteiger partial charge in [0.15, 0.2) is 0 Å². The Labute approximate surface area is 162 Å². The molecule has 1 atom stereocenters. The van der Waals surface area contributed by atoms with E-state index in [1.165, 1.54) is 0 Å². The highest BCUT2D eigenvalue weighted by molar-refractivity contribution is 5.88. The number of hydrogen-bond acceptors (Lipinski definition) is 2. The van der Waals surface area contributed by atoms with Gasteiger partial charge in [0, 0.05) is 13.1 Å². The molecule has 0 aliphatic rings. The second-order valence-corrected chi connectivity index (χ2v) is 6.93. The fourth-order valence-electron chi connectivity index (χ4n) is 3.16. The summed E-state index contributed by atoms with van der Waals surface area (Å²) in [7, 11) is 0. The molecule has 2 amide bonds. The number of carbonyl (C=O) groups excluding carboxylic acids is 2. The maximum atomic E-state index is 13.2. The van der Waals surface area contributed by atoms with Crippen LogP contribution in [0.5, 0.6) is 0 Å². The standard InChI is InChI=1S/C23H30N2O2/c1-5-21(23(27)24-6-2)25(16-20-10-8-7-9-18(20)4)22(26)15-19-13-11-17(3)12-14-19/h7-14,21H,5-6,15-16H2,1-4H3,(H,24,27)/t21-/m0/s1. The molecule has 0 saturated heterocycles. The smallest absolute Gasteiger partial charge is 0.242 e. The molecule has 0 aromatic heterocycles. The summed E-state index contributed by atoms with van der Waals surface area (Å²) in [6, 6.07) is 15.5. The first-order valence-electron chi connectivity index (χ1n) is 9.63. The number of rotatable bonds is 8. The zero-order valence-electron chi connectivity index (χ0n) is 16.8. The number of hydrogen-bond donors (Lipinski definition) is 1. The lowest BCUT2D eigenvalue weighted by Gasteiger charge is -2.31. The first kappa shape index (κ1) is 20.7. The van der Waals surface area contributed by atoms with Crippen molar-refractivity contribution in [3.05, 3.63) is 70.8 Å². The third kappa shape index (κ3) is 5.68. The van der Waals surface area contributed by atoms with Gasteiger partial charge in [0.1, 0.15) is 6.04 Å². The van der Waals surface area contributed by atoms with E-state index in [4.69, 9.17) is 0 Å². The molecular formula is C23H30N2O2. The van der Waals surface area contributed by atoms with Crippen molar-refractivity contribution in [2.45, 2.75) is 53.1 Å². The predicted molar refractivity (Wildman–Crippen MR) is 109 cm³/mol. The Morgan fingerprint density at radius 2 is 1.67 bits per heavy atom. The number of benzene rings is 2. The van der Waals surface area contributed by atoms with Crippen LogP contribution in [0.25, 0.3) is 0 Å². The molecule has 1 N–H and O–H groups in total. The van der Waals surface area contributed by atoms with Crippen LogP contribution in [0.4, 0.5) is 0 Å². The zero-order valence-corrected chi connectivity index (χ0v) is 16.8. The van der Waals surface area contributed by atoms with Crippen LogP contribution < -0.4 is 5.32 Å². The molecule has 2 aromatic carbocycles. The van der Waals surface area contributed by atoms with Crippen molar-refractivity contribution >= 4 is 11.8 Å². The Bertz CT molecular complexity index is 768. The topological polar surface area (TPSA) is 49.4 Å². The van der Waals surface area contributed by atoms with Gasteiger partial charge in [-0.15, -0.1) is 0 Å². The number of aryl methyl sites for hydroxylation is 2. The molecule has 144 valence electrons. The third-order valence-electron chi connectivity index (χ3n) is 4.81. The van der Waals surface area contributed by atoms with Gasteiger partial charge in [-0.2, -0.15) is 0 Å².